The fourth-order valence-corrected chi connectivity index (χ4v) is 2.31. The molecule has 1 aromatic rings. The molecule has 0 bridgehead atoms. The number of anilines is 1. The van der Waals surface area contributed by atoms with E-state index in [0.29, 0.717) is 19.3 Å². The van der Waals surface area contributed by atoms with E-state index in [-0.39, 0.29) is 0 Å². The van der Waals surface area contributed by atoms with Gasteiger partial charge in [-0.25, -0.2) is 0 Å². The van der Waals surface area contributed by atoms with Crippen LogP contribution in [0.3, 0.4) is 0 Å². The van der Waals surface area contributed by atoms with Gasteiger partial charge in [0, 0.05) is 24.9 Å². The first-order valence-electron chi connectivity index (χ1n) is 8.08. The Kier molecular flexibility index (Phi) is 6.67. The fraction of sp³-hybridized carbons (Fsp3) is 0.647. The van der Waals surface area contributed by atoms with Crippen LogP contribution in [0.4, 0.5) is 5.69 Å². The lowest BCUT2D eigenvalue weighted by Crippen LogP contribution is -2.18. The van der Waals surface area contributed by atoms with Gasteiger partial charge in [0.15, 0.2) is 11.5 Å². The highest BCUT2D eigenvalue weighted by Gasteiger charge is 2.15. The van der Waals surface area contributed by atoms with Gasteiger partial charge in [0.1, 0.15) is 0 Å². The summed E-state index contributed by atoms with van der Waals surface area (Å²) in [6.45, 7) is 7.36. The highest BCUT2D eigenvalue weighted by molar-refractivity contribution is 5.54. The van der Waals surface area contributed by atoms with Crippen LogP contribution >= 0.6 is 0 Å². The zero-order chi connectivity index (χ0) is 14.9. The molecule has 0 saturated carbocycles. The van der Waals surface area contributed by atoms with Crippen molar-refractivity contribution in [1.82, 2.24) is 0 Å². The van der Waals surface area contributed by atoms with E-state index in [1.165, 1.54) is 6.42 Å². The molecular weight excluding hydrogens is 266 g/mol. The first-order valence-corrected chi connectivity index (χ1v) is 8.08. The third-order valence-electron chi connectivity index (χ3n) is 3.42. The van der Waals surface area contributed by atoms with Crippen LogP contribution in [0.2, 0.25) is 0 Å². The molecular formula is C17H27NO3. The average molecular weight is 293 g/mol. The molecule has 1 aromatic carbocycles. The van der Waals surface area contributed by atoms with Gasteiger partial charge in [-0.1, -0.05) is 13.8 Å². The average Bonchev–Trinajstić information content (AvgIpc) is 3.03. The highest BCUT2D eigenvalue weighted by Crippen LogP contribution is 2.31. The molecule has 1 fully saturated rings. The van der Waals surface area contributed by atoms with Crippen LogP contribution in [0.5, 0.6) is 11.5 Å². The summed E-state index contributed by atoms with van der Waals surface area (Å²) in [6, 6.07) is 6.05. The number of rotatable bonds is 9. The first-order chi connectivity index (χ1) is 10.3. The molecule has 0 spiro atoms. The molecule has 0 radical (unpaired) electrons. The lowest BCUT2D eigenvalue weighted by Gasteiger charge is -2.16. The van der Waals surface area contributed by atoms with Gasteiger partial charge in [0.05, 0.1) is 19.3 Å². The van der Waals surface area contributed by atoms with Crippen LogP contribution in [0.15, 0.2) is 18.2 Å². The van der Waals surface area contributed by atoms with Crippen LogP contribution < -0.4 is 14.8 Å². The van der Waals surface area contributed by atoms with Gasteiger partial charge >= 0.3 is 0 Å². The third kappa shape index (κ3) is 5.12. The monoisotopic (exact) mass is 293 g/mol. The van der Waals surface area contributed by atoms with Crippen molar-refractivity contribution in [3.8, 4) is 11.5 Å². The maximum absolute atomic E-state index is 5.80. The summed E-state index contributed by atoms with van der Waals surface area (Å²) >= 11 is 0. The summed E-state index contributed by atoms with van der Waals surface area (Å²) in [6.07, 6.45) is 4.62. The van der Waals surface area contributed by atoms with Crippen molar-refractivity contribution in [1.29, 1.82) is 0 Å². The summed E-state index contributed by atoms with van der Waals surface area (Å²) in [5, 5.41) is 3.43. The van der Waals surface area contributed by atoms with E-state index in [2.05, 4.69) is 19.2 Å². The van der Waals surface area contributed by atoms with Gasteiger partial charge < -0.3 is 19.5 Å². The van der Waals surface area contributed by atoms with Crippen molar-refractivity contribution in [2.45, 2.75) is 45.6 Å². The maximum atomic E-state index is 5.80. The minimum Gasteiger partial charge on any atom is -0.490 e. The summed E-state index contributed by atoms with van der Waals surface area (Å²) in [7, 11) is 0. The molecule has 1 saturated heterocycles. The molecule has 0 amide bonds. The predicted octanol–water partition coefficient (Wildman–Crippen LogP) is 3.86. The van der Waals surface area contributed by atoms with E-state index < -0.39 is 0 Å². The quantitative estimate of drug-likeness (QED) is 0.750. The zero-order valence-electron chi connectivity index (χ0n) is 13.2. The van der Waals surface area contributed by atoms with Crippen LogP contribution in [-0.2, 0) is 4.74 Å². The number of nitrogens with one attached hydrogen (secondary N) is 1. The predicted molar refractivity (Wildman–Crippen MR) is 85.5 cm³/mol. The van der Waals surface area contributed by atoms with Crippen LogP contribution in [0.25, 0.3) is 0 Å². The van der Waals surface area contributed by atoms with Crippen molar-refractivity contribution < 1.29 is 14.2 Å². The molecule has 21 heavy (non-hydrogen) atoms. The maximum Gasteiger partial charge on any atom is 0.163 e. The molecule has 1 atom stereocenters. The van der Waals surface area contributed by atoms with E-state index in [0.717, 1.165) is 49.6 Å². The molecule has 4 heteroatoms. The van der Waals surface area contributed by atoms with E-state index in [1.54, 1.807) is 0 Å². The molecule has 2 rings (SSSR count). The zero-order valence-corrected chi connectivity index (χ0v) is 13.2. The van der Waals surface area contributed by atoms with Crippen LogP contribution in [0, 0.1) is 0 Å². The lowest BCUT2D eigenvalue weighted by atomic mass is 10.2. The Hall–Kier alpha value is -1.42. The second-order valence-corrected chi connectivity index (χ2v) is 5.37. The van der Waals surface area contributed by atoms with Gasteiger partial charge in [-0.3, -0.25) is 0 Å². The normalized spacial score (nSPS) is 17.7. The summed E-state index contributed by atoms with van der Waals surface area (Å²) in [5.41, 5.74) is 1.06. The number of benzene rings is 1. The molecule has 118 valence electrons. The molecule has 4 nitrogen and oxygen atoms in total. The van der Waals surface area contributed by atoms with Gasteiger partial charge in [-0.15, -0.1) is 0 Å². The Labute approximate surface area is 127 Å². The standard InChI is InChI=1S/C17H27NO3/c1-3-9-20-16-8-7-14(12-17(16)21-10-4-2)18-13-15-6-5-11-19-15/h7-8,12,15,18H,3-6,9-11,13H2,1-2H3. The van der Waals surface area contributed by atoms with Gasteiger partial charge in [-0.2, -0.15) is 0 Å². The number of ether oxygens (including phenoxy) is 3. The number of hydrogen-bond acceptors (Lipinski definition) is 4. The Balaban J connectivity index is 1.96. The molecule has 0 aromatic heterocycles. The highest BCUT2D eigenvalue weighted by atomic mass is 16.5. The Morgan fingerprint density at radius 3 is 2.57 bits per heavy atom. The Morgan fingerprint density at radius 2 is 1.90 bits per heavy atom. The Morgan fingerprint density at radius 1 is 1.14 bits per heavy atom. The lowest BCUT2D eigenvalue weighted by molar-refractivity contribution is 0.120. The molecule has 0 aliphatic carbocycles. The summed E-state index contributed by atoms with van der Waals surface area (Å²) < 4.78 is 17.2. The molecule has 1 unspecified atom stereocenters. The van der Waals surface area contributed by atoms with Crippen molar-refractivity contribution in [3.05, 3.63) is 18.2 Å². The third-order valence-corrected chi connectivity index (χ3v) is 3.42. The summed E-state index contributed by atoms with van der Waals surface area (Å²) in [5.74, 6) is 1.65. The smallest absolute Gasteiger partial charge is 0.163 e. The van der Waals surface area contributed by atoms with Crippen LogP contribution in [-0.4, -0.2) is 32.5 Å². The summed E-state index contributed by atoms with van der Waals surface area (Å²) in [4.78, 5) is 0. The van der Waals surface area contributed by atoms with Crippen LogP contribution in [0.1, 0.15) is 39.5 Å². The second kappa shape index (κ2) is 8.78. The van der Waals surface area contributed by atoms with Crippen molar-refractivity contribution in [2.24, 2.45) is 0 Å². The SMILES string of the molecule is CCCOc1ccc(NCC2CCCO2)cc1OCCC. The van der Waals surface area contributed by atoms with E-state index in [4.69, 9.17) is 14.2 Å². The number of hydrogen-bond donors (Lipinski definition) is 1. The minimum atomic E-state index is 0.334. The van der Waals surface area contributed by atoms with Gasteiger partial charge in [0.25, 0.3) is 0 Å². The van der Waals surface area contributed by atoms with Gasteiger partial charge in [0.2, 0.25) is 0 Å². The van der Waals surface area contributed by atoms with Crippen molar-refractivity contribution in [2.75, 3.05) is 31.7 Å². The van der Waals surface area contributed by atoms with Gasteiger partial charge in [-0.05, 0) is 37.8 Å². The molecule has 1 aliphatic heterocycles. The van der Waals surface area contributed by atoms with E-state index in [9.17, 15) is 0 Å². The Bertz CT molecular complexity index is 416. The second-order valence-electron chi connectivity index (χ2n) is 5.37. The largest absolute Gasteiger partial charge is 0.490 e. The molecule has 1 aliphatic rings. The molecule has 1 N–H and O–H groups in total. The topological polar surface area (TPSA) is 39.7 Å². The fourth-order valence-electron chi connectivity index (χ4n) is 2.31. The van der Waals surface area contributed by atoms with Crippen molar-refractivity contribution in [3.63, 3.8) is 0 Å². The first kappa shape index (κ1) is 16.0. The minimum absolute atomic E-state index is 0.334. The van der Waals surface area contributed by atoms with Crippen molar-refractivity contribution >= 4 is 5.69 Å². The van der Waals surface area contributed by atoms with E-state index in [1.807, 2.05) is 18.2 Å². The van der Waals surface area contributed by atoms with E-state index >= 15 is 0 Å². The molecule has 1 heterocycles.